The van der Waals surface area contributed by atoms with Crippen LogP contribution < -0.4 is 4.72 Å². The molecule has 3 rings (SSSR count). The lowest BCUT2D eigenvalue weighted by molar-refractivity contribution is 0.206. The molecular formula is C18H20N2O3S. The Hall–Kier alpha value is -2.34. The second-order valence-electron chi connectivity index (χ2n) is 5.98. The number of hydrogen-bond donors (Lipinski definition) is 1. The molecule has 1 aliphatic heterocycles. The Morgan fingerprint density at radius 1 is 0.958 bits per heavy atom. The fourth-order valence-electron chi connectivity index (χ4n) is 2.83. The standard InChI is InChI=1S/C18H20N2O3S/c1-14-6-8-17(9-7-14)24(22,23)19-18(21)20-12-10-15-4-2-3-5-16(15)11-13-20/h2-9H,10-13H2,1H3,(H,19,21). The van der Waals surface area contributed by atoms with E-state index in [4.69, 9.17) is 0 Å². The zero-order valence-electron chi connectivity index (χ0n) is 13.5. The number of nitrogens with zero attached hydrogens (tertiary/aromatic N) is 1. The molecule has 0 aliphatic carbocycles. The summed E-state index contributed by atoms with van der Waals surface area (Å²) in [5, 5.41) is 0. The summed E-state index contributed by atoms with van der Waals surface area (Å²) in [5.41, 5.74) is 3.40. The lowest BCUT2D eigenvalue weighted by atomic mass is 10.0. The molecular weight excluding hydrogens is 324 g/mol. The SMILES string of the molecule is Cc1ccc(S(=O)(=O)NC(=O)N2CCc3ccccc3CC2)cc1. The van der Waals surface area contributed by atoms with Crippen LogP contribution in [0.5, 0.6) is 0 Å². The quantitative estimate of drug-likeness (QED) is 0.910. The summed E-state index contributed by atoms with van der Waals surface area (Å²) in [4.78, 5) is 14.1. The van der Waals surface area contributed by atoms with Crippen molar-refractivity contribution in [3.05, 3.63) is 65.2 Å². The van der Waals surface area contributed by atoms with Gasteiger partial charge in [0.15, 0.2) is 0 Å². The Morgan fingerprint density at radius 3 is 2.04 bits per heavy atom. The third-order valence-electron chi connectivity index (χ3n) is 4.26. The third kappa shape index (κ3) is 3.59. The summed E-state index contributed by atoms with van der Waals surface area (Å²) in [6.45, 7) is 2.89. The van der Waals surface area contributed by atoms with Crippen LogP contribution in [0.2, 0.25) is 0 Å². The average Bonchev–Trinajstić information content (AvgIpc) is 2.77. The predicted molar refractivity (Wildman–Crippen MR) is 92.3 cm³/mol. The van der Waals surface area contributed by atoms with Gasteiger partial charge in [-0.3, -0.25) is 0 Å². The number of nitrogens with one attached hydrogen (secondary N) is 1. The molecule has 0 fully saturated rings. The number of fused-ring (bicyclic) bond motifs is 1. The maximum Gasteiger partial charge on any atom is 0.331 e. The number of rotatable bonds is 2. The molecule has 2 aromatic carbocycles. The van der Waals surface area contributed by atoms with Crippen molar-refractivity contribution < 1.29 is 13.2 Å². The number of carbonyl (C=O) groups is 1. The van der Waals surface area contributed by atoms with Gasteiger partial charge in [0, 0.05) is 13.1 Å². The first-order valence-electron chi connectivity index (χ1n) is 7.91. The number of hydrogen-bond acceptors (Lipinski definition) is 3. The molecule has 5 nitrogen and oxygen atoms in total. The Labute approximate surface area is 142 Å². The molecule has 1 heterocycles. The summed E-state index contributed by atoms with van der Waals surface area (Å²) in [7, 11) is -3.85. The Morgan fingerprint density at radius 2 is 1.50 bits per heavy atom. The van der Waals surface area contributed by atoms with Crippen LogP contribution in [0.25, 0.3) is 0 Å². The Bertz CT molecular complexity index is 818. The van der Waals surface area contributed by atoms with Gasteiger partial charge in [-0.25, -0.2) is 17.9 Å². The largest absolute Gasteiger partial charge is 0.331 e. The van der Waals surface area contributed by atoms with Crippen molar-refractivity contribution in [2.45, 2.75) is 24.7 Å². The second kappa shape index (κ2) is 6.65. The highest BCUT2D eigenvalue weighted by Crippen LogP contribution is 2.16. The molecule has 24 heavy (non-hydrogen) atoms. The van der Waals surface area contributed by atoms with Crippen LogP contribution in [0.4, 0.5) is 4.79 Å². The van der Waals surface area contributed by atoms with E-state index in [1.807, 2.05) is 19.1 Å². The number of amides is 2. The molecule has 0 radical (unpaired) electrons. The van der Waals surface area contributed by atoms with Crippen molar-refractivity contribution in [3.63, 3.8) is 0 Å². The molecule has 0 bridgehead atoms. The topological polar surface area (TPSA) is 66.5 Å². The molecule has 2 amide bonds. The van der Waals surface area contributed by atoms with Crippen LogP contribution in [-0.2, 0) is 22.9 Å². The van der Waals surface area contributed by atoms with Gasteiger partial charge in [0.2, 0.25) is 0 Å². The molecule has 0 saturated heterocycles. The number of carbonyl (C=O) groups excluding carboxylic acids is 1. The highest BCUT2D eigenvalue weighted by molar-refractivity contribution is 7.90. The summed E-state index contributed by atoms with van der Waals surface area (Å²) in [6, 6.07) is 13.9. The van der Waals surface area contributed by atoms with Crippen LogP contribution in [-0.4, -0.2) is 32.4 Å². The van der Waals surface area contributed by atoms with Crippen LogP contribution >= 0.6 is 0 Å². The molecule has 6 heteroatoms. The van der Waals surface area contributed by atoms with E-state index in [0.717, 1.165) is 18.4 Å². The number of sulfonamides is 1. The second-order valence-corrected chi connectivity index (χ2v) is 7.66. The van der Waals surface area contributed by atoms with E-state index >= 15 is 0 Å². The van der Waals surface area contributed by atoms with Gasteiger partial charge in [0.05, 0.1) is 4.90 Å². The molecule has 0 spiro atoms. The molecule has 0 aromatic heterocycles. The first kappa shape index (κ1) is 16.5. The van der Waals surface area contributed by atoms with Gasteiger partial charge >= 0.3 is 6.03 Å². The van der Waals surface area contributed by atoms with Crippen molar-refractivity contribution in [1.82, 2.24) is 9.62 Å². The minimum Gasteiger partial charge on any atom is -0.323 e. The minimum atomic E-state index is -3.85. The average molecular weight is 344 g/mol. The number of aryl methyl sites for hydroxylation is 1. The highest BCUT2D eigenvalue weighted by Gasteiger charge is 2.23. The van der Waals surface area contributed by atoms with E-state index in [1.54, 1.807) is 17.0 Å². The lowest BCUT2D eigenvalue weighted by Crippen LogP contribution is -2.43. The van der Waals surface area contributed by atoms with Crippen LogP contribution in [0.1, 0.15) is 16.7 Å². The number of urea groups is 1. The Balaban J connectivity index is 1.70. The zero-order valence-corrected chi connectivity index (χ0v) is 14.3. The fourth-order valence-corrected chi connectivity index (χ4v) is 3.80. The van der Waals surface area contributed by atoms with Crippen LogP contribution in [0.3, 0.4) is 0 Å². The molecule has 0 atom stereocenters. The van der Waals surface area contributed by atoms with E-state index < -0.39 is 16.1 Å². The minimum absolute atomic E-state index is 0.0968. The summed E-state index contributed by atoms with van der Waals surface area (Å²) >= 11 is 0. The van der Waals surface area contributed by atoms with E-state index in [1.165, 1.54) is 23.3 Å². The van der Waals surface area contributed by atoms with E-state index in [2.05, 4.69) is 16.9 Å². The maximum absolute atomic E-state index is 12.4. The predicted octanol–water partition coefficient (Wildman–Crippen LogP) is 2.49. The molecule has 1 aliphatic rings. The summed E-state index contributed by atoms with van der Waals surface area (Å²) < 4.78 is 26.9. The van der Waals surface area contributed by atoms with Gasteiger partial charge in [0.1, 0.15) is 0 Å². The van der Waals surface area contributed by atoms with E-state index in [-0.39, 0.29) is 4.90 Å². The first-order valence-corrected chi connectivity index (χ1v) is 9.39. The fraction of sp³-hybridized carbons (Fsp3) is 0.278. The molecule has 0 unspecified atom stereocenters. The van der Waals surface area contributed by atoms with Crippen molar-refractivity contribution in [2.24, 2.45) is 0 Å². The monoisotopic (exact) mass is 344 g/mol. The molecule has 0 saturated carbocycles. The van der Waals surface area contributed by atoms with Crippen molar-refractivity contribution in [2.75, 3.05) is 13.1 Å². The van der Waals surface area contributed by atoms with Gasteiger partial charge < -0.3 is 4.90 Å². The first-order chi connectivity index (χ1) is 11.5. The summed E-state index contributed by atoms with van der Waals surface area (Å²) in [6.07, 6.45) is 1.46. The number of benzene rings is 2. The van der Waals surface area contributed by atoms with Gasteiger partial charge in [0.25, 0.3) is 10.0 Å². The maximum atomic E-state index is 12.4. The van der Waals surface area contributed by atoms with Gasteiger partial charge in [-0.1, -0.05) is 42.0 Å². The molecule has 1 N–H and O–H groups in total. The van der Waals surface area contributed by atoms with E-state index in [0.29, 0.717) is 13.1 Å². The Kier molecular flexibility index (Phi) is 4.57. The highest BCUT2D eigenvalue weighted by atomic mass is 32.2. The molecule has 2 aromatic rings. The molecule has 126 valence electrons. The zero-order chi connectivity index (χ0) is 17.2. The smallest absolute Gasteiger partial charge is 0.323 e. The van der Waals surface area contributed by atoms with Crippen LogP contribution in [0.15, 0.2) is 53.4 Å². The summed E-state index contributed by atoms with van der Waals surface area (Å²) in [5.74, 6) is 0. The van der Waals surface area contributed by atoms with E-state index in [9.17, 15) is 13.2 Å². The normalized spacial score (nSPS) is 14.6. The van der Waals surface area contributed by atoms with Crippen molar-refractivity contribution in [3.8, 4) is 0 Å². The van der Waals surface area contributed by atoms with Gasteiger partial charge in [-0.2, -0.15) is 0 Å². The lowest BCUT2D eigenvalue weighted by Gasteiger charge is -2.20. The van der Waals surface area contributed by atoms with Gasteiger partial charge in [-0.05, 0) is 43.0 Å². The van der Waals surface area contributed by atoms with Gasteiger partial charge in [-0.15, -0.1) is 0 Å². The van der Waals surface area contributed by atoms with Crippen molar-refractivity contribution >= 4 is 16.1 Å². The van der Waals surface area contributed by atoms with Crippen molar-refractivity contribution in [1.29, 1.82) is 0 Å². The third-order valence-corrected chi connectivity index (χ3v) is 5.60. The van der Waals surface area contributed by atoms with Crippen LogP contribution in [0, 0.1) is 6.92 Å².